The fourth-order valence-corrected chi connectivity index (χ4v) is 4.09. The van der Waals surface area contributed by atoms with Crippen molar-refractivity contribution in [3.8, 4) is 0 Å². The van der Waals surface area contributed by atoms with Crippen molar-refractivity contribution in [3.05, 3.63) is 75.8 Å². The van der Waals surface area contributed by atoms with Crippen LogP contribution in [0.4, 0.5) is 31.1 Å². The number of carbonyl (C=O) groups excluding carboxylic acids is 2. The molecule has 0 spiro atoms. The fraction of sp³-hybridized carbons (Fsp3) is 0.143. The van der Waals surface area contributed by atoms with E-state index in [2.05, 4.69) is 5.32 Å². The second-order valence-electron chi connectivity index (χ2n) is 6.95. The summed E-state index contributed by atoms with van der Waals surface area (Å²) in [5, 5.41) is 2.18. The zero-order valence-corrected chi connectivity index (χ0v) is 16.7. The number of carbonyl (C=O) groups is 2. The molecule has 1 saturated heterocycles. The van der Waals surface area contributed by atoms with Crippen LogP contribution in [0, 0.1) is 0 Å². The number of rotatable bonds is 3. The predicted molar refractivity (Wildman–Crippen MR) is 107 cm³/mol. The van der Waals surface area contributed by atoms with Crippen LogP contribution in [-0.4, -0.2) is 15.7 Å². The fourth-order valence-electron chi connectivity index (χ4n) is 3.42. The minimum absolute atomic E-state index is 0.106. The van der Waals surface area contributed by atoms with Crippen molar-refractivity contribution < 1.29 is 35.9 Å². The van der Waals surface area contributed by atoms with Gasteiger partial charge in [-0.3, -0.25) is 14.9 Å². The van der Waals surface area contributed by atoms with Gasteiger partial charge in [0.25, 0.3) is 11.1 Å². The molecule has 0 saturated carbocycles. The Morgan fingerprint density at radius 3 is 2.31 bits per heavy atom. The van der Waals surface area contributed by atoms with Crippen molar-refractivity contribution >= 4 is 39.9 Å². The molecule has 0 unspecified atom stereocenters. The Balaban J connectivity index is 1.80. The maximum absolute atomic E-state index is 13.5. The van der Waals surface area contributed by atoms with E-state index in [0.29, 0.717) is 34.3 Å². The minimum atomic E-state index is -4.98. The second-order valence-corrected chi connectivity index (χ2v) is 7.96. The smallest absolute Gasteiger partial charge is 0.342 e. The maximum atomic E-state index is 13.5. The normalized spacial score (nSPS) is 16.2. The molecule has 32 heavy (non-hydrogen) atoms. The third-order valence-electron chi connectivity index (χ3n) is 4.83. The van der Waals surface area contributed by atoms with E-state index >= 15 is 0 Å². The average Bonchev–Trinajstić information content (AvgIpc) is 3.20. The number of benzene rings is 2. The molecule has 1 aromatic heterocycles. The number of fused-ring (bicyclic) bond motifs is 1. The Morgan fingerprint density at radius 1 is 0.969 bits per heavy atom. The summed E-state index contributed by atoms with van der Waals surface area (Å²) >= 11 is 0.697. The van der Waals surface area contributed by atoms with Crippen molar-refractivity contribution in [3.63, 3.8) is 0 Å². The quantitative estimate of drug-likeness (QED) is 0.375. The summed E-state index contributed by atoms with van der Waals surface area (Å²) in [6.07, 6.45) is -6.95. The van der Waals surface area contributed by atoms with Gasteiger partial charge in [-0.05, 0) is 41.6 Å². The van der Waals surface area contributed by atoms with E-state index in [1.807, 2.05) is 0 Å². The van der Waals surface area contributed by atoms with Gasteiger partial charge in [-0.1, -0.05) is 24.3 Å². The lowest BCUT2D eigenvalue weighted by molar-refractivity contribution is -0.143. The number of imide groups is 1. The minimum Gasteiger partial charge on any atom is -0.342 e. The number of halogens is 6. The van der Waals surface area contributed by atoms with Gasteiger partial charge in [0, 0.05) is 29.2 Å². The Labute approximate surface area is 180 Å². The zero-order chi connectivity index (χ0) is 23.3. The lowest BCUT2D eigenvalue weighted by Crippen LogP contribution is -2.17. The average molecular weight is 470 g/mol. The summed E-state index contributed by atoms with van der Waals surface area (Å²) in [6.45, 7) is -0.352. The number of para-hydroxylation sites is 1. The zero-order valence-electron chi connectivity index (χ0n) is 15.8. The van der Waals surface area contributed by atoms with Crippen molar-refractivity contribution in [2.45, 2.75) is 18.9 Å². The van der Waals surface area contributed by atoms with Crippen LogP contribution in [-0.2, 0) is 23.7 Å². The number of aromatic nitrogens is 1. The van der Waals surface area contributed by atoms with Crippen molar-refractivity contribution in [2.24, 2.45) is 0 Å². The first-order chi connectivity index (χ1) is 14.9. The first kappa shape index (κ1) is 22.0. The van der Waals surface area contributed by atoms with Gasteiger partial charge in [0.2, 0.25) is 0 Å². The molecule has 2 amide bonds. The lowest BCUT2D eigenvalue weighted by atomic mass is 10.0. The standard InChI is InChI=1S/C21H12F6N2O2S/c22-20(23,24)13-6-5-11(15(8-13)21(25,26)27)9-29-10-12(14-3-1-2-4-16(14)29)7-17-18(30)28-19(31)32-17/h1-8,10H,9H2,(H,28,30,31)/b17-7-. The highest BCUT2D eigenvalue weighted by atomic mass is 32.2. The second kappa shape index (κ2) is 7.73. The monoisotopic (exact) mass is 470 g/mol. The molecular weight excluding hydrogens is 458 g/mol. The van der Waals surface area contributed by atoms with E-state index in [4.69, 9.17) is 0 Å². The van der Waals surface area contributed by atoms with Crippen LogP contribution in [0.25, 0.3) is 17.0 Å². The van der Waals surface area contributed by atoms with Gasteiger partial charge in [-0.15, -0.1) is 0 Å². The van der Waals surface area contributed by atoms with Crippen LogP contribution >= 0.6 is 11.8 Å². The highest BCUT2D eigenvalue weighted by Gasteiger charge is 2.38. The Bertz CT molecular complexity index is 1270. The molecule has 2 aromatic carbocycles. The molecule has 0 bridgehead atoms. The van der Waals surface area contributed by atoms with E-state index in [0.717, 1.165) is 6.07 Å². The van der Waals surface area contributed by atoms with E-state index in [9.17, 15) is 35.9 Å². The molecule has 1 N–H and O–H groups in total. The molecule has 0 atom stereocenters. The van der Waals surface area contributed by atoms with Crippen LogP contribution in [0.5, 0.6) is 0 Å². The number of hydrogen-bond donors (Lipinski definition) is 1. The summed E-state index contributed by atoms with van der Waals surface area (Å²) < 4.78 is 80.9. The predicted octanol–water partition coefficient (Wildman–Crippen LogP) is 6.05. The molecule has 0 radical (unpaired) electrons. The van der Waals surface area contributed by atoms with Gasteiger partial charge in [-0.2, -0.15) is 26.3 Å². The van der Waals surface area contributed by atoms with Crippen molar-refractivity contribution in [2.75, 3.05) is 0 Å². The molecule has 4 rings (SSSR count). The molecule has 1 aliphatic heterocycles. The van der Waals surface area contributed by atoms with Crippen molar-refractivity contribution in [1.29, 1.82) is 0 Å². The van der Waals surface area contributed by atoms with Gasteiger partial charge in [0.1, 0.15) is 0 Å². The first-order valence-corrected chi connectivity index (χ1v) is 9.85. The third-order valence-corrected chi connectivity index (χ3v) is 5.64. The van der Waals surface area contributed by atoms with Crippen LogP contribution in [0.1, 0.15) is 22.3 Å². The Kier molecular flexibility index (Phi) is 5.32. The summed E-state index contributed by atoms with van der Waals surface area (Å²) in [5.74, 6) is -0.584. The maximum Gasteiger partial charge on any atom is 0.416 e. The molecule has 166 valence electrons. The first-order valence-electron chi connectivity index (χ1n) is 9.03. The van der Waals surface area contributed by atoms with Crippen LogP contribution < -0.4 is 5.32 Å². The van der Waals surface area contributed by atoms with Crippen LogP contribution in [0.3, 0.4) is 0 Å². The van der Waals surface area contributed by atoms with Gasteiger partial charge in [0.05, 0.1) is 16.0 Å². The van der Waals surface area contributed by atoms with Gasteiger partial charge >= 0.3 is 12.4 Å². The SMILES string of the molecule is O=C1NC(=O)/C(=C/c2cn(Cc3ccc(C(F)(F)F)cc3C(F)(F)F)c3ccccc23)S1. The molecule has 4 nitrogen and oxygen atoms in total. The molecular formula is C21H12F6N2O2S. The topological polar surface area (TPSA) is 51.1 Å². The summed E-state index contributed by atoms with van der Waals surface area (Å²) in [5.41, 5.74) is -2.10. The number of nitrogens with one attached hydrogen (secondary N) is 1. The molecule has 0 aliphatic carbocycles. The van der Waals surface area contributed by atoms with E-state index in [-0.39, 0.29) is 23.1 Å². The Hall–Kier alpha value is -3.21. The lowest BCUT2D eigenvalue weighted by Gasteiger charge is -2.16. The molecule has 3 aromatic rings. The van der Waals surface area contributed by atoms with Gasteiger partial charge in [0.15, 0.2) is 0 Å². The number of amides is 2. The van der Waals surface area contributed by atoms with Crippen LogP contribution in [0.2, 0.25) is 0 Å². The van der Waals surface area contributed by atoms with Gasteiger partial charge < -0.3 is 4.57 Å². The number of alkyl halides is 6. The molecule has 1 aliphatic rings. The molecule has 11 heteroatoms. The number of hydrogen-bond acceptors (Lipinski definition) is 3. The third kappa shape index (κ3) is 4.24. The largest absolute Gasteiger partial charge is 0.416 e. The summed E-state index contributed by atoms with van der Waals surface area (Å²) in [6, 6.07) is 8.22. The van der Waals surface area contributed by atoms with E-state index in [1.54, 1.807) is 24.3 Å². The summed E-state index contributed by atoms with van der Waals surface area (Å²) in [7, 11) is 0. The number of nitrogens with zero attached hydrogens (tertiary/aromatic N) is 1. The highest BCUT2D eigenvalue weighted by molar-refractivity contribution is 8.18. The van der Waals surface area contributed by atoms with Crippen LogP contribution in [0.15, 0.2) is 53.6 Å². The Morgan fingerprint density at radius 2 is 1.69 bits per heavy atom. The molecule has 2 heterocycles. The number of thioether (sulfide) groups is 1. The van der Waals surface area contributed by atoms with Crippen molar-refractivity contribution in [1.82, 2.24) is 9.88 Å². The van der Waals surface area contributed by atoms with Gasteiger partial charge in [-0.25, -0.2) is 0 Å². The summed E-state index contributed by atoms with van der Waals surface area (Å²) in [4.78, 5) is 23.4. The van der Waals surface area contributed by atoms with E-state index < -0.39 is 34.6 Å². The molecule has 1 fully saturated rings. The highest BCUT2D eigenvalue weighted by Crippen LogP contribution is 2.38. The van der Waals surface area contributed by atoms with E-state index in [1.165, 1.54) is 16.8 Å².